The molecule has 2 aliphatic heterocycles. The highest BCUT2D eigenvalue weighted by atomic mass is 32.2. The minimum atomic E-state index is 0.0535. The van der Waals surface area contributed by atoms with E-state index in [2.05, 4.69) is 9.97 Å². The summed E-state index contributed by atoms with van der Waals surface area (Å²) in [6, 6.07) is 11.6. The molecule has 1 spiro atoms. The molecular formula is C20H20N4O2S. The minimum Gasteiger partial charge on any atom is -0.371 e. The third-order valence-corrected chi connectivity index (χ3v) is 6.83. The molecule has 1 amide bonds. The normalized spacial score (nSPS) is 20.9. The first kappa shape index (κ1) is 16.8. The van der Waals surface area contributed by atoms with Crippen LogP contribution in [0.1, 0.15) is 22.6 Å². The second-order valence-corrected chi connectivity index (χ2v) is 8.67. The Morgan fingerprint density at radius 1 is 1.22 bits per heavy atom. The molecule has 1 atom stereocenters. The zero-order valence-electron chi connectivity index (χ0n) is 14.8. The van der Waals surface area contributed by atoms with E-state index in [1.54, 1.807) is 12.4 Å². The fourth-order valence-corrected chi connectivity index (χ4v) is 5.41. The van der Waals surface area contributed by atoms with Gasteiger partial charge in [-0.1, -0.05) is 12.1 Å². The molecule has 2 fully saturated rings. The second-order valence-electron chi connectivity index (χ2n) is 7.19. The van der Waals surface area contributed by atoms with Gasteiger partial charge in [-0.2, -0.15) is 0 Å². The monoisotopic (exact) mass is 380 g/mol. The number of carbonyl (C=O) groups excluding carboxylic acids is 1. The van der Waals surface area contributed by atoms with Crippen molar-refractivity contribution in [3.8, 4) is 0 Å². The van der Waals surface area contributed by atoms with Crippen molar-refractivity contribution in [2.75, 3.05) is 18.8 Å². The molecule has 6 nitrogen and oxygen atoms in total. The van der Waals surface area contributed by atoms with Gasteiger partial charge in [0.25, 0.3) is 5.91 Å². The largest absolute Gasteiger partial charge is 0.371 e. The maximum Gasteiger partial charge on any atom is 0.272 e. The van der Waals surface area contributed by atoms with Gasteiger partial charge in [0.2, 0.25) is 0 Å². The van der Waals surface area contributed by atoms with Gasteiger partial charge in [-0.3, -0.25) is 14.2 Å². The van der Waals surface area contributed by atoms with Crippen LogP contribution in [0.4, 0.5) is 0 Å². The van der Waals surface area contributed by atoms with E-state index >= 15 is 0 Å². The summed E-state index contributed by atoms with van der Waals surface area (Å²) in [6.45, 7) is 2.10. The van der Waals surface area contributed by atoms with Crippen LogP contribution in [0.15, 0.2) is 55.0 Å². The van der Waals surface area contributed by atoms with E-state index < -0.39 is 0 Å². The zero-order valence-corrected chi connectivity index (χ0v) is 15.6. The van der Waals surface area contributed by atoms with E-state index in [1.165, 1.54) is 0 Å². The number of thioether (sulfide) groups is 1. The number of carbonyl (C=O) groups is 1. The van der Waals surface area contributed by atoms with E-state index in [9.17, 15) is 4.79 Å². The van der Waals surface area contributed by atoms with E-state index in [1.807, 2.05) is 63.7 Å². The quantitative estimate of drug-likeness (QED) is 0.696. The Labute approximate surface area is 161 Å². The number of hydrogen-bond acceptors (Lipinski definition) is 5. The number of rotatable bonds is 4. The number of hydrogen-bond donors (Lipinski definition) is 0. The first-order valence-electron chi connectivity index (χ1n) is 9.09. The molecule has 2 aliphatic rings. The molecule has 0 N–H and O–H groups in total. The SMILES string of the molecule is O=C(c1cnc2ccccn12)N1CC2(C[C@H](OCc3ccccn3)CS2)C1. The third-order valence-electron chi connectivity index (χ3n) is 5.25. The van der Waals surface area contributed by atoms with Gasteiger partial charge >= 0.3 is 0 Å². The van der Waals surface area contributed by atoms with Gasteiger partial charge in [-0.05, 0) is 30.7 Å². The Morgan fingerprint density at radius 3 is 2.96 bits per heavy atom. The summed E-state index contributed by atoms with van der Waals surface area (Å²) in [5.74, 6) is 1.03. The summed E-state index contributed by atoms with van der Waals surface area (Å²) in [4.78, 5) is 23.4. The highest BCUT2D eigenvalue weighted by Gasteiger charge is 2.51. The van der Waals surface area contributed by atoms with Crippen molar-refractivity contribution in [2.24, 2.45) is 0 Å². The topological polar surface area (TPSA) is 59.7 Å². The molecule has 0 aromatic carbocycles. The first-order valence-corrected chi connectivity index (χ1v) is 10.1. The lowest BCUT2D eigenvalue weighted by Gasteiger charge is -2.47. The fourth-order valence-electron chi connectivity index (χ4n) is 3.86. The molecule has 0 saturated carbocycles. The molecular weight excluding hydrogens is 360 g/mol. The highest BCUT2D eigenvalue weighted by Crippen LogP contribution is 2.46. The molecule has 0 bridgehead atoms. The van der Waals surface area contributed by atoms with Crippen molar-refractivity contribution in [1.29, 1.82) is 0 Å². The molecule has 0 radical (unpaired) electrons. The number of amides is 1. The molecule has 7 heteroatoms. The molecule has 3 aromatic rings. The lowest BCUT2D eigenvalue weighted by Crippen LogP contribution is -2.60. The van der Waals surface area contributed by atoms with Gasteiger partial charge in [0.15, 0.2) is 0 Å². The average Bonchev–Trinajstić information content (AvgIpc) is 3.30. The lowest BCUT2D eigenvalue weighted by atomic mass is 9.92. The van der Waals surface area contributed by atoms with Gasteiger partial charge < -0.3 is 9.64 Å². The molecule has 0 aliphatic carbocycles. The van der Waals surface area contributed by atoms with Gasteiger partial charge in [-0.25, -0.2) is 4.98 Å². The summed E-state index contributed by atoms with van der Waals surface area (Å²) in [7, 11) is 0. The molecule has 138 valence electrons. The maximum absolute atomic E-state index is 12.9. The third kappa shape index (κ3) is 3.11. The predicted molar refractivity (Wildman–Crippen MR) is 104 cm³/mol. The zero-order chi connectivity index (χ0) is 18.3. The number of aromatic nitrogens is 3. The van der Waals surface area contributed by atoms with Crippen molar-refractivity contribution in [2.45, 2.75) is 23.9 Å². The summed E-state index contributed by atoms with van der Waals surface area (Å²) in [6.07, 6.45) is 6.56. The average molecular weight is 380 g/mol. The van der Waals surface area contributed by atoms with Crippen LogP contribution in [0.5, 0.6) is 0 Å². The number of imidazole rings is 1. The Morgan fingerprint density at radius 2 is 2.11 bits per heavy atom. The van der Waals surface area contributed by atoms with Crippen LogP contribution in [-0.4, -0.2) is 54.9 Å². The lowest BCUT2D eigenvalue weighted by molar-refractivity contribution is 0.0242. The van der Waals surface area contributed by atoms with Gasteiger partial charge in [0.1, 0.15) is 11.3 Å². The fraction of sp³-hybridized carbons (Fsp3) is 0.350. The van der Waals surface area contributed by atoms with Crippen LogP contribution in [0.2, 0.25) is 0 Å². The van der Waals surface area contributed by atoms with Crippen molar-refractivity contribution >= 4 is 23.3 Å². The Bertz CT molecular complexity index is 968. The van der Waals surface area contributed by atoms with E-state index in [-0.39, 0.29) is 16.8 Å². The van der Waals surface area contributed by atoms with E-state index in [0.29, 0.717) is 12.3 Å². The molecule has 3 aromatic heterocycles. The number of nitrogens with zero attached hydrogens (tertiary/aromatic N) is 4. The molecule has 5 heterocycles. The number of ether oxygens (including phenoxy) is 1. The number of likely N-dealkylation sites (tertiary alicyclic amines) is 1. The second kappa shape index (κ2) is 6.65. The molecule has 5 rings (SSSR count). The van der Waals surface area contributed by atoms with Gasteiger partial charge in [0.05, 0.1) is 29.3 Å². The van der Waals surface area contributed by atoms with Gasteiger partial charge in [0, 0.05) is 31.2 Å². The van der Waals surface area contributed by atoms with Crippen LogP contribution in [0, 0.1) is 0 Å². The van der Waals surface area contributed by atoms with Crippen molar-refractivity contribution < 1.29 is 9.53 Å². The Kier molecular flexibility index (Phi) is 4.13. The first-order chi connectivity index (χ1) is 13.2. The smallest absolute Gasteiger partial charge is 0.272 e. The standard InChI is InChI=1S/C20H20N4O2S/c25-19(17-10-22-18-6-2-4-8-24(17)18)23-13-20(14-23)9-16(12-27-20)26-11-15-5-1-3-7-21-15/h1-8,10,16H,9,11-14H2/t16-/m0/s1. The van der Waals surface area contributed by atoms with Crippen LogP contribution in [0.3, 0.4) is 0 Å². The van der Waals surface area contributed by atoms with Crippen LogP contribution >= 0.6 is 11.8 Å². The maximum atomic E-state index is 12.9. The summed E-state index contributed by atoms with van der Waals surface area (Å²) in [5, 5.41) is 0. The number of fused-ring (bicyclic) bond motifs is 1. The Balaban J connectivity index is 1.19. The Hall–Kier alpha value is -2.38. The van der Waals surface area contributed by atoms with E-state index in [4.69, 9.17) is 4.74 Å². The van der Waals surface area contributed by atoms with Gasteiger partial charge in [-0.15, -0.1) is 11.8 Å². The highest BCUT2D eigenvalue weighted by molar-refractivity contribution is 8.01. The summed E-state index contributed by atoms with van der Waals surface area (Å²) >= 11 is 1.94. The van der Waals surface area contributed by atoms with E-state index in [0.717, 1.165) is 36.6 Å². The number of pyridine rings is 2. The van der Waals surface area contributed by atoms with Crippen molar-refractivity contribution in [3.63, 3.8) is 0 Å². The molecule has 27 heavy (non-hydrogen) atoms. The summed E-state index contributed by atoms with van der Waals surface area (Å²) in [5.41, 5.74) is 2.39. The van der Waals surface area contributed by atoms with Crippen molar-refractivity contribution in [1.82, 2.24) is 19.3 Å². The van der Waals surface area contributed by atoms with Crippen LogP contribution in [-0.2, 0) is 11.3 Å². The summed E-state index contributed by atoms with van der Waals surface area (Å²) < 4.78 is 8.04. The molecule has 2 saturated heterocycles. The van der Waals surface area contributed by atoms with Crippen LogP contribution < -0.4 is 0 Å². The van der Waals surface area contributed by atoms with Crippen LogP contribution in [0.25, 0.3) is 5.65 Å². The predicted octanol–water partition coefficient (Wildman–Crippen LogP) is 2.65. The molecule has 0 unspecified atom stereocenters. The van der Waals surface area contributed by atoms with Crippen molar-refractivity contribution in [3.05, 3.63) is 66.4 Å². The minimum absolute atomic E-state index is 0.0535.